The average molecular weight is 355 g/mol. The molecule has 0 aromatic heterocycles. The van der Waals surface area contributed by atoms with Crippen molar-refractivity contribution in [2.24, 2.45) is 0 Å². The van der Waals surface area contributed by atoms with E-state index in [1.165, 1.54) is 0 Å². The van der Waals surface area contributed by atoms with Gasteiger partial charge < -0.3 is 4.74 Å². The minimum Gasteiger partial charge on any atom is -0.457 e. The number of aryl methyl sites for hydroxylation is 1. The third-order valence-corrected chi connectivity index (χ3v) is 5.23. The Balaban J connectivity index is 1.76. The lowest BCUT2D eigenvalue weighted by atomic mass is 10.1. The first-order valence-electron chi connectivity index (χ1n) is 7.53. The average Bonchev–Trinajstić information content (AvgIpc) is 2.58. The van der Waals surface area contributed by atoms with Crippen molar-refractivity contribution in [2.75, 3.05) is 0 Å². The fourth-order valence-electron chi connectivity index (χ4n) is 2.30. The third-order valence-electron chi connectivity index (χ3n) is 3.56. The third kappa shape index (κ3) is 4.03. The van der Waals surface area contributed by atoms with E-state index in [1.807, 2.05) is 73.7 Å². The van der Waals surface area contributed by atoms with Gasteiger partial charge in [0, 0.05) is 11.6 Å². The van der Waals surface area contributed by atoms with Crippen LogP contribution in [0.1, 0.15) is 15.9 Å². The van der Waals surface area contributed by atoms with E-state index >= 15 is 0 Å². The molecule has 0 aliphatic heterocycles. The van der Waals surface area contributed by atoms with E-state index in [0.29, 0.717) is 10.8 Å². The molecule has 0 fully saturated rings. The van der Waals surface area contributed by atoms with Crippen LogP contribution in [-0.4, -0.2) is 5.52 Å². The second-order valence-electron chi connectivity index (χ2n) is 5.33. The van der Waals surface area contributed by atoms with Crippen molar-refractivity contribution in [3.63, 3.8) is 0 Å². The molecule has 0 aliphatic rings. The van der Waals surface area contributed by atoms with Crippen LogP contribution in [0.25, 0.3) is 0 Å². The lowest BCUT2D eigenvalue weighted by molar-refractivity contribution is 0.108. The maximum absolute atomic E-state index is 12.5. The summed E-state index contributed by atoms with van der Waals surface area (Å²) in [6, 6.07) is 22.6. The summed E-state index contributed by atoms with van der Waals surface area (Å²) < 4.78 is 5.76. The molecule has 0 N–H and O–H groups in total. The minimum atomic E-state index is -0.0112. The van der Waals surface area contributed by atoms with Crippen molar-refractivity contribution < 1.29 is 9.53 Å². The smallest absolute Gasteiger partial charge is 0.185 e. The highest BCUT2D eigenvalue weighted by molar-refractivity contribution is 7.66. The van der Waals surface area contributed by atoms with Crippen molar-refractivity contribution in [3.05, 3.63) is 88.9 Å². The Morgan fingerprint density at radius 3 is 2.33 bits per heavy atom. The van der Waals surface area contributed by atoms with Gasteiger partial charge in [-0.2, -0.15) is 0 Å². The standard InChI is InChI=1S/C20H16ClO2P/c1-14-7-5-6-10-17(14)20(22)24-19-12-11-16(13-18(19)21)23-15-8-3-2-4-9-15/h2-13,24H,1H3. The summed E-state index contributed by atoms with van der Waals surface area (Å²) in [5, 5.41) is 1.37. The number of para-hydroxylation sites is 1. The van der Waals surface area contributed by atoms with Crippen molar-refractivity contribution in [3.8, 4) is 11.5 Å². The molecule has 0 saturated heterocycles. The van der Waals surface area contributed by atoms with Crippen LogP contribution in [0.2, 0.25) is 5.02 Å². The Labute approximate surface area is 148 Å². The number of ether oxygens (including phenoxy) is 1. The lowest BCUT2D eigenvalue weighted by Gasteiger charge is -2.09. The summed E-state index contributed by atoms with van der Waals surface area (Å²) in [6.07, 6.45) is 0. The zero-order chi connectivity index (χ0) is 16.9. The molecule has 0 amide bonds. The predicted molar refractivity (Wildman–Crippen MR) is 101 cm³/mol. The van der Waals surface area contributed by atoms with Crippen LogP contribution in [0.4, 0.5) is 0 Å². The van der Waals surface area contributed by atoms with Crippen LogP contribution in [0.15, 0.2) is 72.8 Å². The van der Waals surface area contributed by atoms with Crippen LogP contribution in [-0.2, 0) is 0 Å². The highest BCUT2D eigenvalue weighted by Crippen LogP contribution is 2.28. The molecule has 24 heavy (non-hydrogen) atoms. The summed E-state index contributed by atoms with van der Waals surface area (Å²) in [5.41, 5.74) is 1.82. The Hall–Kier alpha value is -2.15. The summed E-state index contributed by atoms with van der Waals surface area (Å²) in [6.45, 7) is 1.94. The van der Waals surface area contributed by atoms with Gasteiger partial charge in [0.15, 0.2) is 5.52 Å². The van der Waals surface area contributed by atoms with Gasteiger partial charge in [-0.25, -0.2) is 0 Å². The number of carbonyl (C=O) groups is 1. The second kappa shape index (κ2) is 7.61. The maximum atomic E-state index is 12.5. The van der Waals surface area contributed by atoms with E-state index in [2.05, 4.69) is 0 Å². The van der Waals surface area contributed by atoms with Crippen molar-refractivity contribution in [1.29, 1.82) is 0 Å². The van der Waals surface area contributed by atoms with Crippen molar-refractivity contribution in [1.82, 2.24) is 0 Å². The second-order valence-corrected chi connectivity index (χ2v) is 6.98. The van der Waals surface area contributed by atoms with Crippen LogP contribution < -0.4 is 10.0 Å². The molecular weight excluding hydrogens is 339 g/mol. The molecular formula is C20H16ClO2P. The van der Waals surface area contributed by atoms with E-state index in [4.69, 9.17) is 16.3 Å². The van der Waals surface area contributed by atoms with Gasteiger partial charge >= 0.3 is 0 Å². The van der Waals surface area contributed by atoms with Crippen molar-refractivity contribution in [2.45, 2.75) is 6.92 Å². The number of hydrogen-bond donors (Lipinski definition) is 0. The quantitative estimate of drug-likeness (QED) is 0.559. The molecule has 0 spiro atoms. The zero-order valence-electron chi connectivity index (χ0n) is 13.1. The zero-order valence-corrected chi connectivity index (χ0v) is 14.9. The predicted octanol–water partition coefficient (Wildman–Crippen LogP) is 5.58. The largest absolute Gasteiger partial charge is 0.457 e. The van der Waals surface area contributed by atoms with Gasteiger partial charge in [0.1, 0.15) is 11.5 Å². The number of halogens is 1. The van der Waals surface area contributed by atoms with Gasteiger partial charge in [-0.3, -0.25) is 4.79 Å². The van der Waals surface area contributed by atoms with E-state index in [9.17, 15) is 4.79 Å². The first-order valence-corrected chi connectivity index (χ1v) is 8.91. The van der Waals surface area contributed by atoms with Crippen LogP contribution in [0.5, 0.6) is 11.5 Å². The number of hydrogen-bond acceptors (Lipinski definition) is 2. The molecule has 0 bridgehead atoms. The Bertz CT molecular complexity index is 863. The Kier molecular flexibility index (Phi) is 5.30. The summed E-state index contributed by atoms with van der Waals surface area (Å²) in [5.74, 6) is 1.41. The van der Waals surface area contributed by atoms with Gasteiger partial charge in [-0.1, -0.05) is 54.1 Å². The lowest BCUT2D eigenvalue weighted by Crippen LogP contribution is -2.04. The summed E-state index contributed by atoms with van der Waals surface area (Å²) in [7, 11) is -0.0112. The fraction of sp³-hybridized carbons (Fsp3) is 0.0500. The fourth-order valence-corrected chi connectivity index (χ4v) is 3.63. The number of rotatable bonds is 5. The molecule has 2 nitrogen and oxygen atoms in total. The van der Waals surface area contributed by atoms with E-state index in [-0.39, 0.29) is 14.1 Å². The molecule has 1 atom stereocenters. The number of carbonyl (C=O) groups excluding carboxylic acids is 1. The molecule has 0 aliphatic carbocycles. The Morgan fingerprint density at radius 1 is 0.917 bits per heavy atom. The topological polar surface area (TPSA) is 26.3 Å². The maximum Gasteiger partial charge on any atom is 0.185 e. The summed E-state index contributed by atoms with van der Waals surface area (Å²) in [4.78, 5) is 12.5. The molecule has 3 aromatic rings. The minimum absolute atomic E-state index is 0.0112. The first kappa shape index (κ1) is 16.7. The van der Waals surface area contributed by atoms with Gasteiger partial charge in [-0.15, -0.1) is 0 Å². The molecule has 3 aromatic carbocycles. The molecule has 0 heterocycles. The molecule has 120 valence electrons. The van der Waals surface area contributed by atoms with E-state index in [0.717, 1.165) is 22.2 Å². The monoisotopic (exact) mass is 354 g/mol. The van der Waals surface area contributed by atoms with Crippen LogP contribution >= 0.6 is 20.2 Å². The number of benzene rings is 3. The van der Waals surface area contributed by atoms with E-state index in [1.54, 1.807) is 6.07 Å². The molecule has 0 radical (unpaired) electrons. The van der Waals surface area contributed by atoms with Crippen LogP contribution in [0, 0.1) is 6.92 Å². The highest BCUT2D eigenvalue weighted by Gasteiger charge is 2.12. The molecule has 3 rings (SSSR count). The SMILES string of the molecule is Cc1ccccc1C(=O)Pc1ccc(Oc2ccccc2)cc1Cl. The first-order chi connectivity index (χ1) is 11.6. The van der Waals surface area contributed by atoms with Gasteiger partial charge in [0.2, 0.25) is 0 Å². The molecule has 4 heteroatoms. The van der Waals surface area contributed by atoms with Gasteiger partial charge in [-0.05, 0) is 50.6 Å². The van der Waals surface area contributed by atoms with E-state index < -0.39 is 0 Å². The molecule has 1 unspecified atom stereocenters. The molecule has 0 saturated carbocycles. The highest BCUT2D eigenvalue weighted by atomic mass is 35.5. The normalized spacial score (nSPS) is 10.9. The van der Waals surface area contributed by atoms with Crippen LogP contribution in [0.3, 0.4) is 0 Å². The Morgan fingerprint density at radius 2 is 1.62 bits per heavy atom. The van der Waals surface area contributed by atoms with Gasteiger partial charge in [0.05, 0.1) is 5.02 Å². The summed E-state index contributed by atoms with van der Waals surface area (Å²) >= 11 is 6.34. The van der Waals surface area contributed by atoms with Gasteiger partial charge in [0.25, 0.3) is 0 Å². The van der Waals surface area contributed by atoms with Crippen molar-refractivity contribution >= 4 is 31.0 Å².